The zero-order chi connectivity index (χ0) is 17.5. The molecule has 0 spiro atoms. The van der Waals surface area contributed by atoms with Gasteiger partial charge in [-0.05, 0) is 61.5 Å². The summed E-state index contributed by atoms with van der Waals surface area (Å²) >= 11 is 0. The highest BCUT2D eigenvalue weighted by molar-refractivity contribution is 5.95. The quantitative estimate of drug-likeness (QED) is 0.816. The number of nitrogens with one attached hydrogen (secondary N) is 2. The standard InChI is InChI=1S/C21H26N2O2/c1-25-20-9-5-3-6-17(20)11-13-23-21(24)19-8-4-2-7-18(19)14-16-10-12-22-15-16/h2-9,16,22H,10-15H2,1H3,(H,23,24). The molecule has 1 heterocycles. The fraction of sp³-hybridized carbons (Fsp3) is 0.381. The van der Waals surface area contributed by atoms with Crippen molar-refractivity contribution in [3.8, 4) is 5.75 Å². The number of amides is 1. The molecular formula is C21H26N2O2. The lowest BCUT2D eigenvalue weighted by Crippen LogP contribution is -2.27. The van der Waals surface area contributed by atoms with E-state index >= 15 is 0 Å². The van der Waals surface area contributed by atoms with E-state index in [0.29, 0.717) is 12.5 Å². The van der Waals surface area contributed by atoms with Gasteiger partial charge in [-0.2, -0.15) is 0 Å². The summed E-state index contributed by atoms with van der Waals surface area (Å²) in [5, 5.41) is 6.45. The maximum atomic E-state index is 12.6. The second kappa shape index (κ2) is 8.67. The van der Waals surface area contributed by atoms with Gasteiger partial charge in [-0.25, -0.2) is 0 Å². The van der Waals surface area contributed by atoms with Gasteiger partial charge in [0.05, 0.1) is 7.11 Å². The second-order valence-electron chi connectivity index (χ2n) is 6.54. The molecule has 3 rings (SSSR count). The minimum absolute atomic E-state index is 0.0106. The largest absolute Gasteiger partial charge is 0.496 e. The van der Waals surface area contributed by atoms with Crippen molar-refractivity contribution in [3.63, 3.8) is 0 Å². The lowest BCUT2D eigenvalue weighted by molar-refractivity contribution is 0.0953. The van der Waals surface area contributed by atoms with Crippen molar-refractivity contribution in [1.82, 2.24) is 10.6 Å². The van der Waals surface area contributed by atoms with Crippen LogP contribution in [-0.4, -0.2) is 32.7 Å². The Bertz CT molecular complexity index is 709. The molecule has 4 nitrogen and oxygen atoms in total. The van der Waals surface area contributed by atoms with Gasteiger partial charge in [0.15, 0.2) is 0 Å². The van der Waals surface area contributed by atoms with Crippen LogP contribution in [0.15, 0.2) is 48.5 Å². The molecule has 1 aliphatic rings. The van der Waals surface area contributed by atoms with E-state index < -0.39 is 0 Å². The van der Waals surface area contributed by atoms with Gasteiger partial charge in [-0.1, -0.05) is 36.4 Å². The molecule has 2 N–H and O–H groups in total. The fourth-order valence-corrected chi connectivity index (χ4v) is 3.43. The molecule has 1 amide bonds. The molecule has 1 saturated heterocycles. The molecule has 4 heteroatoms. The lowest BCUT2D eigenvalue weighted by Gasteiger charge is -2.14. The van der Waals surface area contributed by atoms with Gasteiger partial charge in [0, 0.05) is 12.1 Å². The smallest absolute Gasteiger partial charge is 0.251 e. The summed E-state index contributed by atoms with van der Waals surface area (Å²) in [4.78, 5) is 12.6. The third-order valence-corrected chi connectivity index (χ3v) is 4.81. The Kier molecular flexibility index (Phi) is 6.07. The summed E-state index contributed by atoms with van der Waals surface area (Å²) in [5.41, 5.74) is 3.05. The van der Waals surface area contributed by atoms with Gasteiger partial charge in [-0.15, -0.1) is 0 Å². The summed E-state index contributed by atoms with van der Waals surface area (Å²) < 4.78 is 5.36. The normalized spacial score (nSPS) is 16.6. The number of hydrogen-bond donors (Lipinski definition) is 2. The second-order valence-corrected chi connectivity index (χ2v) is 6.54. The Balaban J connectivity index is 1.59. The molecule has 25 heavy (non-hydrogen) atoms. The number of para-hydroxylation sites is 1. The summed E-state index contributed by atoms with van der Waals surface area (Å²) in [6.45, 7) is 2.72. The molecule has 0 aliphatic carbocycles. The third kappa shape index (κ3) is 4.60. The number of carbonyl (C=O) groups is 1. The van der Waals surface area contributed by atoms with E-state index in [0.717, 1.165) is 48.4 Å². The summed E-state index contributed by atoms with van der Waals surface area (Å²) in [7, 11) is 1.67. The van der Waals surface area contributed by atoms with E-state index in [9.17, 15) is 4.79 Å². The van der Waals surface area contributed by atoms with Crippen LogP contribution in [0.4, 0.5) is 0 Å². The van der Waals surface area contributed by atoms with Gasteiger partial charge >= 0.3 is 0 Å². The van der Waals surface area contributed by atoms with Gasteiger partial charge in [0.2, 0.25) is 0 Å². The number of carbonyl (C=O) groups excluding carboxylic acids is 1. The lowest BCUT2D eigenvalue weighted by atomic mass is 9.94. The minimum atomic E-state index is 0.0106. The molecular weight excluding hydrogens is 312 g/mol. The Morgan fingerprint density at radius 3 is 2.68 bits per heavy atom. The van der Waals surface area contributed by atoms with Gasteiger partial charge in [0.1, 0.15) is 5.75 Å². The zero-order valence-electron chi connectivity index (χ0n) is 14.8. The number of methoxy groups -OCH3 is 1. The average Bonchev–Trinajstić information content (AvgIpc) is 3.15. The Labute approximate surface area is 149 Å². The first-order chi connectivity index (χ1) is 12.3. The molecule has 132 valence electrons. The summed E-state index contributed by atoms with van der Waals surface area (Å²) in [5.74, 6) is 1.50. The average molecular weight is 338 g/mol. The molecule has 2 aromatic carbocycles. The van der Waals surface area contributed by atoms with Crippen LogP contribution < -0.4 is 15.4 Å². The van der Waals surface area contributed by atoms with E-state index in [4.69, 9.17) is 4.74 Å². The van der Waals surface area contributed by atoms with E-state index in [1.54, 1.807) is 7.11 Å². The molecule has 1 aliphatic heterocycles. The predicted molar refractivity (Wildman–Crippen MR) is 100 cm³/mol. The first-order valence-corrected chi connectivity index (χ1v) is 8.96. The van der Waals surface area contributed by atoms with E-state index in [2.05, 4.69) is 16.7 Å². The topological polar surface area (TPSA) is 50.4 Å². The molecule has 0 radical (unpaired) electrons. The third-order valence-electron chi connectivity index (χ3n) is 4.81. The van der Waals surface area contributed by atoms with Crippen molar-refractivity contribution >= 4 is 5.91 Å². The molecule has 1 unspecified atom stereocenters. The molecule has 1 fully saturated rings. The first kappa shape index (κ1) is 17.5. The van der Waals surface area contributed by atoms with Crippen molar-refractivity contribution in [2.45, 2.75) is 19.3 Å². The van der Waals surface area contributed by atoms with Gasteiger partial charge < -0.3 is 15.4 Å². The zero-order valence-corrected chi connectivity index (χ0v) is 14.8. The Morgan fingerprint density at radius 2 is 1.92 bits per heavy atom. The van der Waals surface area contributed by atoms with Crippen molar-refractivity contribution < 1.29 is 9.53 Å². The molecule has 0 bridgehead atoms. The summed E-state index contributed by atoms with van der Waals surface area (Å²) in [6.07, 6.45) is 2.90. The van der Waals surface area contributed by atoms with E-state index in [1.165, 1.54) is 6.42 Å². The van der Waals surface area contributed by atoms with Crippen molar-refractivity contribution in [1.29, 1.82) is 0 Å². The van der Waals surface area contributed by atoms with Gasteiger partial charge in [-0.3, -0.25) is 4.79 Å². The Hall–Kier alpha value is -2.33. The fourth-order valence-electron chi connectivity index (χ4n) is 3.43. The SMILES string of the molecule is COc1ccccc1CCNC(=O)c1ccccc1CC1CCNC1. The van der Waals surface area contributed by atoms with Crippen LogP contribution in [0.25, 0.3) is 0 Å². The predicted octanol–water partition coefficient (Wildman–Crippen LogP) is 2.82. The van der Waals surface area contributed by atoms with Crippen LogP contribution in [0.2, 0.25) is 0 Å². The number of ether oxygens (including phenoxy) is 1. The Morgan fingerprint density at radius 1 is 1.16 bits per heavy atom. The van der Waals surface area contributed by atoms with Crippen LogP contribution >= 0.6 is 0 Å². The highest BCUT2D eigenvalue weighted by atomic mass is 16.5. The van der Waals surface area contributed by atoms with E-state index in [-0.39, 0.29) is 5.91 Å². The highest BCUT2D eigenvalue weighted by Gasteiger charge is 2.18. The molecule has 2 aromatic rings. The highest BCUT2D eigenvalue weighted by Crippen LogP contribution is 2.19. The van der Waals surface area contributed by atoms with Crippen molar-refractivity contribution in [2.24, 2.45) is 5.92 Å². The van der Waals surface area contributed by atoms with Crippen LogP contribution in [0.5, 0.6) is 5.75 Å². The van der Waals surface area contributed by atoms with E-state index in [1.807, 2.05) is 42.5 Å². The molecule has 0 aromatic heterocycles. The molecule has 0 saturated carbocycles. The number of benzene rings is 2. The minimum Gasteiger partial charge on any atom is -0.496 e. The number of rotatable bonds is 7. The maximum absolute atomic E-state index is 12.6. The van der Waals surface area contributed by atoms with Crippen LogP contribution in [0, 0.1) is 5.92 Å². The van der Waals surface area contributed by atoms with Crippen LogP contribution in [0.1, 0.15) is 27.9 Å². The monoisotopic (exact) mass is 338 g/mol. The van der Waals surface area contributed by atoms with Crippen LogP contribution in [0.3, 0.4) is 0 Å². The number of hydrogen-bond acceptors (Lipinski definition) is 3. The maximum Gasteiger partial charge on any atom is 0.251 e. The summed E-state index contributed by atoms with van der Waals surface area (Å²) in [6, 6.07) is 15.9. The van der Waals surface area contributed by atoms with Gasteiger partial charge in [0.25, 0.3) is 5.91 Å². The van der Waals surface area contributed by atoms with Crippen molar-refractivity contribution in [2.75, 3.05) is 26.7 Å². The first-order valence-electron chi connectivity index (χ1n) is 8.96. The van der Waals surface area contributed by atoms with Crippen molar-refractivity contribution in [3.05, 3.63) is 65.2 Å². The van der Waals surface area contributed by atoms with Crippen LogP contribution in [-0.2, 0) is 12.8 Å². The molecule has 1 atom stereocenters.